The number of hydrogen-bond donors (Lipinski definition) is 0. The number of rotatable bonds is 1. The fourth-order valence-electron chi connectivity index (χ4n) is 3.97. The summed E-state index contributed by atoms with van der Waals surface area (Å²) in [5, 5.41) is 3.64. The van der Waals surface area contributed by atoms with E-state index in [4.69, 9.17) is 14.4 Å². The summed E-state index contributed by atoms with van der Waals surface area (Å²) < 4.78 is 7.33. The Morgan fingerprint density at radius 2 is 1.63 bits per heavy atom. The first kappa shape index (κ1) is 19.3. The molecule has 0 saturated carbocycles. The maximum Gasteiger partial charge on any atom is 0.201 e. The number of aromatic nitrogens is 2. The second kappa shape index (κ2) is 6.39. The molecule has 0 atom stereocenters. The van der Waals surface area contributed by atoms with Crippen LogP contribution in [0.3, 0.4) is 0 Å². The molecule has 2 aromatic carbocycles. The van der Waals surface area contributed by atoms with E-state index >= 15 is 0 Å². The molecule has 0 amide bonds. The van der Waals surface area contributed by atoms with Crippen LogP contribution in [-0.4, -0.2) is 9.97 Å². The Morgan fingerprint density at radius 1 is 0.867 bits per heavy atom. The number of thiophene rings is 1. The quantitative estimate of drug-likeness (QED) is 0.280. The molecule has 5 rings (SSSR count). The monoisotopic (exact) mass is 414 g/mol. The molecule has 3 nitrogen and oxygen atoms in total. The lowest BCUT2D eigenvalue weighted by Crippen LogP contribution is -2.12. The van der Waals surface area contributed by atoms with E-state index in [1.54, 1.807) is 11.3 Å². The molecule has 0 fully saturated rings. The lowest BCUT2D eigenvalue weighted by atomic mass is 9.82. The predicted molar refractivity (Wildman–Crippen MR) is 128 cm³/mol. The summed E-state index contributed by atoms with van der Waals surface area (Å²) in [5.74, 6) is 0.782. The molecule has 0 bridgehead atoms. The van der Waals surface area contributed by atoms with Crippen LogP contribution < -0.4 is 0 Å². The minimum atomic E-state index is -0.110. The summed E-state index contributed by atoms with van der Waals surface area (Å²) in [7, 11) is 0. The van der Waals surface area contributed by atoms with Crippen molar-refractivity contribution in [2.24, 2.45) is 0 Å². The van der Waals surface area contributed by atoms with E-state index < -0.39 is 0 Å². The smallest absolute Gasteiger partial charge is 0.201 e. The second-order valence-corrected chi connectivity index (χ2v) is 11.0. The number of benzene rings is 2. The van der Waals surface area contributed by atoms with Crippen molar-refractivity contribution >= 4 is 42.6 Å². The predicted octanol–water partition coefficient (Wildman–Crippen LogP) is 7.85. The molecule has 3 aromatic heterocycles. The molecule has 0 aliphatic rings. The molecule has 5 aromatic rings. The summed E-state index contributed by atoms with van der Waals surface area (Å²) in [4.78, 5) is 10.5. The van der Waals surface area contributed by atoms with Gasteiger partial charge in [0, 0.05) is 22.6 Å². The van der Waals surface area contributed by atoms with Gasteiger partial charge in [-0.05, 0) is 39.9 Å². The van der Waals surface area contributed by atoms with Crippen molar-refractivity contribution < 1.29 is 4.42 Å². The summed E-state index contributed by atoms with van der Waals surface area (Å²) >= 11 is 1.67. The van der Waals surface area contributed by atoms with Crippen molar-refractivity contribution in [2.45, 2.75) is 52.4 Å². The fourth-order valence-corrected chi connectivity index (χ4v) is 5.07. The van der Waals surface area contributed by atoms with Gasteiger partial charge >= 0.3 is 0 Å². The Hall–Kier alpha value is -2.72. The van der Waals surface area contributed by atoms with Crippen LogP contribution in [0.15, 0.2) is 53.1 Å². The zero-order chi connectivity index (χ0) is 21.3. The Balaban J connectivity index is 1.78. The number of fused-ring (bicyclic) bond motifs is 4. The lowest BCUT2D eigenvalue weighted by Gasteiger charge is -2.22. The Morgan fingerprint density at radius 3 is 2.37 bits per heavy atom. The van der Waals surface area contributed by atoms with Gasteiger partial charge in [0.25, 0.3) is 0 Å². The number of hydrogen-bond acceptors (Lipinski definition) is 4. The second-order valence-electron chi connectivity index (χ2n) is 10.0. The normalized spacial score (nSPS) is 13.0. The number of pyridine rings is 1. The van der Waals surface area contributed by atoms with E-state index in [9.17, 15) is 0 Å². The molecular weight excluding hydrogens is 388 g/mol. The lowest BCUT2D eigenvalue weighted by molar-refractivity contribution is 0.412. The van der Waals surface area contributed by atoms with Gasteiger partial charge in [0.15, 0.2) is 10.4 Å². The van der Waals surface area contributed by atoms with Gasteiger partial charge in [-0.25, -0.2) is 4.98 Å². The van der Waals surface area contributed by atoms with Gasteiger partial charge in [0.1, 0.15) is 0 Å². The summed E-state index contributed by atoms with van der Waals surface area (Å²) in [6.07, 6.45) is 1.88. The maximum absolute atomic E-state index is 6.20. The highest BCUT2D eigenvalue weighted by molar-refractivity contribution is 7.25. The zero-order valence-electron chi connectivity index (χ0n) is 18.3. The van der Waals surface area contributed by atoms with Crippen LogP contribution in [0.2, 0.25) is 0 Å². The van der Waals surface area contributed by atoms with E-state index in [0.29, 0.717) is 0 Å². The Kier molecular flexibility index (Phi) is 4.10. The van der Waals surface area contributed by atoms with Crippen LogP contribution in [-0.2, 0) is 10.8 Å². The molecule has 0 unspecified atom stereocenters. The third kappa shape index (κ3) is 3.02. The molecule has 0 spiro atoms. The van der Waals surface area contributed by atoms with Crippen molar-refractivity contribution in [2.75, 3.05) is 0 Å². The van der Waals surface area contributed by atoms with Crippen LogP contribution >= 0.6 is 11.3 Å². The van der Waals surface area contributed by atoms with E-state index in [-0.39, 0.29) is 10.8 Å². The van der Waals surface area contributed by atoms with Crippen LogP contribution in [0, 0.1) is 0 Å². The average molecular weight is 415 g/mol. The molecule has 30 heavy (non-hydrogen) atoms. The molecular formula is C26H26N2OS. The Bertz CT molecular complexity index is 1410. The highest BCUT2D eigenvalue weighted by Crippen LogP contribution is 2.42. The molecule has 4 heteroatoms. The van der Waals surface area contributed by atoms with Crippen molar-refractivity contribution in [3.05, 3.63) is 60.1 Å². The van der Waals surface area contributed by atoms with Crippen molar-refractivity contribution in [3.63, 3.8) is 0 Å². The van der Waals surface area contributed by atoms with Crippen LogP contribution in [0.25, 0.3) is 42.5 Å². The van der Waals surface area contributed by atoms with Gasteiger partial charge in [-0.15, -0.1) is 11.3 Å². The topological polar surface area (TPSA) is 38.9 Å². The van der Waals surface area contributed by atoms with Gasteiger partial charge in [-0.1, -0.05) is 65.8 Å². The van der Waals surface area contributed by atoms with Crippen molar-refractivity contribution in [1.82, 2.24) is 9.97 Å². The largest absolute Gasteiger partial charge is 0.439 e. The van der Waals surface area contributed by atoms with Gasteiger partial charge in [-0.2, -0.15) is 0 Å². The summed E-state index contributed by atoms with van der Waals surface area (Å²) in [6, 6.07) is 15.2. The average Bonchev–Trinajstić information content (AvgIpc) is 3.24. The first-order chi connectivity index (χ1) is 14.1. The number of nitrogens with zero attached hydrogens (tertiary/aromatic N) is 2. The van der Waals surface area contributed by atoms with Crippen LogP contribution in [0.5, 0.6) is 0 Å². The minimum absolute atomic E-state index is 0.0374. The summed E-state index contributed by atoms with van der Waals surface area (Å²) in [5.41, 5.74) is 4.28. The van der Waals surface area contributed by atoms with E-state index in [1.165, 1.54) is 16.3 Å². The van der Waals surface area contributed by atoms with E-state index in [0.717, 1.165) is 37.6 Å². The van der Waals surface area contributed by atoms with Crippen LogP contribution in [0.1, 0.15) is 53.0 Å². The third-order valence-electron chi connectivity index (χ3n) is 5.53. The zero-order valence-corrected chi connectivity index (χ0v) is 19.1. The highest BCUT2D eigenvalue weighted by atomic mass is 32.1. The minimum Gasteiger partial charge on any atom is -0.439 e. The molecule has 152 valence electrons. The first-order valence-corrected chi connectivity index (χ1v) is 11.2. The molecule has 3 heterocycles. The molecule has 0 saturated heterocycles. The molecule has 0 N–H and O–H groups in total. The van der Waals surface area contributed by atoms with Crippen molar-refractivity contribution in [3.8, 4) is 11.3 Å². The molecule has 0 aliphatic heterocycles. The van der Waals surface area contributed by atoms with Gasteiger partial charge in [0.2, 0.25) is 5.89 Å². The molecule has 0 aliphatic carbocycles. The van der Waals surface area contributed by atoms with Crippen molar-refractivity contribution in [1.29, 1.82) is 0 Å². The SMILES string of the molecule is CC(C)(C)c1nc2sc3c(-c4cc(C(C)(C)C)c5ccccc5c4)nccc3c2o1. The maximum atomic E-state index is 6.20. The van der Waals surface area contributed by atoms with Gasteiger partial charge in [0.05, 0.1) is 10.4 Å². The third-order valence-corrected chi connectivity index (χ3v) is 6.62. The Labute approximate surface area is 180 Å². The van der Waals surface area contributed by atoms with Gasteiger partial charge < -0.3 is 4.42 Å². The van der Waals surface area contributed by atoms with Gasteiger partial charge in [-0.3, -0.25) is 4.98 Å². The van der Waals surface area contributed by atoms with Crippen LogP contribution in [0.4, 0.5) is 0 Å². The first-order valence-electron chi connectivity index (χ1n) is 10.3. The number of oxazole rings is 1. The summed E-state index contributed by atoms with van der Waals surface area (Å²) in [6.45, 7) is 13.2. The fraction of sp³-hybridized carbons (Fsp3) is 0.308. The highest BCUT2D eigenvalue weighted by Gasteiger charge is 2.25. The standard InChI is InChI=1S/C26H26N2OS/c1-25(2,3)19-14-16(13-15-9-7-8-10-17(15)19)20-22-18(11-12-27-20)21-23(30-22)28-24(29-21)26(4,5)6/h7-14H,1-6H3. The molecule has 0 radical (unpaired) electrons. The van der Waals surface area contributed by atoms with E-state index in [2.05, 4.69) is 77.9 Å². The van der Waals surface area contributed by atoms with E-state index in [1.807, 2.05) is 12.3 Å².